The maximum atomic E-state index is 9.59. The average molecular weight is 306 g/mol. The Kier molecular flexibility index (Phi) is 4.04. The summed E-state index contributed by atoms with van der Waals surface area (Å²) in [7, 11) is 0. The molecule has 0 saturated carbocycles. The van der Waals surface area contributed by atoms with E-state index in [0.717, 1.165) is 16.7 Å². The quantitative estimate of drug-likeness (QED) is 0.421. The van der Waals surface area contributed by atoms with E-state index in [1.807, 2.05) is 42.5 Å². The zero-order chi connectivity index (χ0) is 16.3. The first kappa shape index (κ1) is 15.1. The molecule has 0 amide bonds. The fourth-order valence-electron chi connectivity index (χ4n) is 2.92. The van der Waals surface area contributed by atoms with E-state index >= 15 is 0 Å². The molecule has 2 N–H and O–H groups in total. The van der Waals surface area contributed by atoms with E-state index < -0.39 is 0 Å². The van der Waals surface area contributed by atoms with Gasteiger partial charge in [0.1, 0.15) is 5.75 Å². The van der Waals surface area contributed by atoms with E-state index in [1.54, 1.807) is 24.3 Å². The topological polar surface area (TPSA) is 49.7 Å². The third-order valence-electron chi connectivity index (χ3n) is 4.33. The third-order valence-corrected chi connectivity index (χ3v) is 4.33. The molecule has 0 aliphatic rings. The van der Waals surface area contributed by atoms with Crippen molar-refractivity contribution < 1.29 is 15.3 Å². The van der Waals surface area contributed by atoms with Crippen molar-refractivity contribution in [2.24, 2.45) is 0 Å². The number of benzene rings is 3. The zero-order valence-electron chi connectivity index (χ0n) is 12.8. The molecule has 1 unspecified atom stereocenters. The fourth-order valence-corrected chi connectivity index (χ4v) is 2.92. The molecule has 116 valence electrons. The molecule has 3 nitrogen and oxygen atoms in total. The van der Waals surface area contributed by atoms with Gasteiger partial charge in [0.25, 0.3) is 0 Å². The van der Waals surface area contributed by atoms with Gasteiger partial charge in [0.05, 0.1) is 0 Å². The van der Waals surface area contributed by atoms with E-state index in [-0.39, 0.29) is 11.2 Å². The van der Waals surface area contributed by atoms with Crippen LogP contribution in [0.2, 0.25) is 0 Å². The van der Waals surface area contributed by atoms with Gasteiger partial charge < -0.3 is 9.99 Å². The summed E-state index contributed by atoms with van der Waals surface area (Å²) in [5.41, 5.74) is 2.89. The molecule has 1 atom stereocenters. The molecule has 0 spiro atoms. The Morgan fingerprint density at radius 3 is 1.70 bits per heavy atom. The highest BCUT2D eigenvalue weighted by Gasteiger charge is 2.31. The summed E-state index contributed by atoms with van der Waals surface area (Å²) in [6, 6.07) is 24.8. The van der Waals surface area contributed by atoms with Crippen LogP contribution in [0.15, 0.2) is 78.9 Å². The lowest BCUT2D eigenvalue weighted by atomic mass is 9.71. The molecule has 0 radical (unpaired) electrons. The Morgan fingerprint density at radius 1 is 0.696 bits per heavy atom. The van der Waals surface area contributed by atoms with Crippen LogP contribution in [0.1, 0.15) is 23.6 Å². The summed E-state index contributed by atoms with van der Waals surface area (Å²) >= 11 is 0. The van der Waals surface area contributed by atoms with Crippen molar-refractivity contribution in [3.05, 3.63) is 95.6 Å². The van der Waals surface area contributed by atoms with Crippen LogP contribution in [0.5, 0.6) is 11.5 Å². The van der Waals surface area contributed by atoms with E-state index in [9.17, 15) is 5.11 Å². The Balaban J connectivity index is 2.18. The van der Waals surface area contributed by atoms with Gasteiger partial charge in [-0.15, -0.1) is 0 Å². The Hall–Kier alpha value is -2.78. The molecule has 0 bridgehead atoms. The number of hydrogen-bond acceptors (Lipinski definition) is 3. The van der Waals surface area contributed by atoms with E-state index in [4.69, 9.17) is 5.26 Å². The predicted octanol–water partition coefficient (Wildman–Crippen LogP) is 4.60. The molecule has 0 fully saturated rings. The molecule has 3 aromatic rings. The minimum atomic E-state index is -0.386. The highest BCUT2D eigenvalue weighted by Crippen LogP contribution is 2.39. The molecule has 0 aromatic heterocycles. The lowest BCUT2D eigenvalue weighted by molar-refractivity contribution is -0.137. The zero-order valence-corrected chi connectivity index (χ0v) is 12.8. The largest absolute Gasteiger partial charge is 0.508 e. The molecule has 3 heteroatoms. The molecule has 0 aliphatic carbocycles. The fraction of sp³-hybridized carbons (Fsp3) is 0.100. The van der Waals surface area contributed by atoms with Crippen LogP contribution < -0.4 is 4.89 Å². The molecule has 3 aromatic carbocycles. The van der Waals surface area contributed by atoms with Crippen molar-refractivity contribution in [2.75, 3.05) is 0 Å². The Bertz CT molecular complexity index is 764. The van der Waals surface area contributed by atoms with Gasteiger partial charge in [-0.1, -0.05) is 54.6 Å². The lowest BCUT2D eigenvalue weighted by Gasteiger charge is -2.32. The van der Waals surface area contributed by atoms with E-state index in [1.165, 1.54) is 0 Å². The Labute approximate surface area is 135 Å². The second-order valence-corrected chi connectivity index (χ2v) is 5.65. The van der Waals surface area contributed by atoms with Gasteiger partial charge in [-0.2, -0.15) is 0 Å². The maximum Gasteiger partial charge on any atom is 0.165 e. The number of phenolic OH excluding ortho intramolecular Hbond substituents is 1. The minimum absolute atomic E-state index is 0.244. The highest BCUT2D eigenvalue weighted by molar-refractivity contribution is 5.51. The smallest absolute Gasteiger partial charge is 0.165 e. The van der Waals surface area contributed by atoms with Gasteiger partial charge in [0.15, 0.2) is 5.75 Å². The molecular formula is C20H18O3. The third kappa shape index (κ3) is 2.79. The van der Waals surface area contributed by atoms with Gasteiger partial charge in [0, 0.05) is 5.41 Å². The first-order valence-corrected chi connectivity index (χ1v) is 7.41. The van der Waals surface area contributed by atoms with Gasteiger partial charge >= 0.3 is 0 Å². The summed E-state index contributed by atoms with van der Waals surface area (Å²) in [4.78, 5) is 4.28. The number of rotatable bonds is 4. The minimum Gasteiger partial charge on any atom is -0.508 e. The summed E-state index contributed by atoms with van der Waals surface area (Å²) in [5.74, 6) is 0.642. The van der Waals surface area contributed by atoms with Crippen LogP contribution in [0, 0.1) is 0 Å². The van der Waals surface area contributed by atoms with E-state index in [0.29, 0.717) is 5.75 Å². The number of phenols is 1. The first-order chi connectivity index (χ1) is 11.1. The van der Waals surface area contributed by atoms with Crippen LogP contribution in [-0.2, 0) is 5.41 Å². The maximum absolute atomic E-state index is 9.59. The summed E-state index contributed by atoms with van der Waals surface area (Å²) in [5, 5.41) is 18.4. The van der Waals surface area contributed by atoms with Gasteiger partial charge in [-0.05, 0) is 47.9 Å². The molecular weight excluding hydrogens is 288 g/mol. The van der Waals surface area contributed by atoms with Crippen molar-refractivity contribution >= 4 is 0 Å². The monoisotopic (exact) mass is 306 g/mol. The standard InChI is InChI=1S/C20H18O3/c1-20(15-5-3-2-4-6-15,16-7-11-18(21)12-8-16)17-9-13-19(23-22)14-10-17/h2-14,21-22H,1H3. The molecule has 0 saturated heterocycles. The summed E-state index contributed by atoms with van der Waals surface area (Å²) < 4.78 is 0. The van der Waals surface area contributed by atoms with Crippen LogP contribution >= 0.6 is 0 Å². The summed E-state index contributed by atoms with van der Waals surface area (Å²) in [6.07, 6.45) is 0. The number of aromatic hydroxyl groups is 1. The van der Waals surface area contributed by atoms with Crippen LogP contribution in [0.3, 0.4) is 0 Å². The number of hydrogen-bond donors (Lipinski definition) is 2. The van der Waals surface area contributed by atoms with Gasteiger partial charge in [-0.3, -0.25) is 0 Å². The molecule has 23 heavy (non-hydrogen) atoms. The van der Waals surface area contributed by atoms with E-state index in [2.05, 4.69) is 23.9 Å². The van der Waals surface area contributed by atoms with Crippen LogP contribution in [0.25, 0.3) is 0 Å². The second kappa shape index (κ2) is 6.15. The Morgan fingerprint density at radius 2 is 1.17 bits per heavy atom. The van der Waals surface area contributed by atoms with Crippen LogP contribution in [-0.4, -0.2) is 10.4 Å². The lowest BCUT2D eigenvalue weighted by Crippen LogP contribution is -2.25. The summed E-state index contributed by atoms with van der Waals surface area (Å²) in [6.45, 7) is 2.14. The molecule has 0 aliphatic heterocycles. The molecule has 3 rings (SSSR count). The second-order valence-electron chi connectivity index (χ2n) is 5.65. The van der Waals surface area contributed by atoms with Crippen molar-refractivity contribution in [3.8, 4) is 11.5 Å². The normalized spacial score (nSPS) is 13.3. The van der Waals surface area contributed by atoms with Crippen molar-refractivity contribution in [3.63, 3.8) is 0 Å². The molecule has 0 heterocycles. The average Bonchev–Trinajstić information content (AvgIpc) is 2.62. The highest BCUT2D eigenvalue weighted by atomic mass is 17.1. The van der Waals surface area contributed by atoms with Gasteiger partial charge in [0.2, 0.25) is 0 Å². The van der Waals surface area contributed by atoms with Gasteiger partial charge in [-0.25, -0.2) is 5.26 Å². The predicted molar refractivity (Wildman–Crippen MR) is 89.8 cm³/mol. The van der Waals surface area contributed by atoms with Crippen molar-refractivity contribution in [2.45, 2.75) is 12.3 Å². The van der Waals surface area contributed by atoms with Crippen molar-refractivity contribution in [1.82, 2.24) is 0 Å². The SMILES string of the molecule is CC(c1ccccc1)(c1ccc(O)cc1)c1ccc(OO)cc1. The first-order valence-electron chi connectivity index (χ1n) is 7.41. The van der Waals surface area contributed by atoms with Crippen LogP contribution in [0.4, 0.5) is 0 Å². The van der Waals surface area contributed by atoms with Crippen molar-refractivity contribution in [1.29, 1.82) is 0 Å².